The summed E-state index contributed by atoms with van der Waals surface area (Å²) in [5, 5.41) is 3.55. The van der Waals surface area contributed by atoms with E-state index < -0.39 is 0 Å². The number of hydrogen-bond acceptors (Lipinski definition) is 2. The van der Waals surface area contributed by atoms with Crippen LogP contribution in [0.4, 0.5) is 5.69 Å². The van der Waals surface area contributed by atoms with Crippen LogP contribution in [-0.2, 0) is 6.42 Å². The summed E-state index contributed by atoms with van der Waals surface area (Å²) in [4.78, 5) is 17.5. The number of amides is 1. The molecule has 0 radical (unpaired) electrons. The monoisotopic (exact) mass is 341 g/mol. The van der Waals surface area contributed by atoms with E-state index in [0.717, 1.165) is 35.4 Å². The molecule has 24 heavy (non-hydrogen) atoms. The van der Waals surface area contributed by atoms with Crippen molar-refractivity contribution in [3.63, 3.8) is 0 Å². The molecule has 2 heterocycles. The van der Waals surface area contributed by atoms with Gasteiger partial charge >= 0.3 is 0 Å². The molecule has 1 aromatic carbocycles. The van der Waals surface area contributed by atoms with Crippen LogP contribution in [0, 0.1) is 13.8 Å². The second-order valence-corrected chi connectivity index (χ2v) is 6.42. The van der Waals surface area contributed by atoms with Gasteiger partial charge in [0.2, 0.25) is 0 Å². The fraction of sp³-hybridized carbons (Fsp3) is 0.263. The van der Waals surface area contributed by atoms with Gasteiger partial charge in [-0.2, -0.15) is 0 Å². The maximum atomic E-state index is 12.9. The zero-order chi connectivity index (χ0) is 17.3. The lowest BCUT2D eigenvalue weighted by atomic mass is 10.1. The van der Waals surface area contributed by atoms with Crippen LogP contribution in [0.3, 0.4) is 0 Å². The molecule has 3 rings (SSSR count). The van der Waals surface area contributed by atoms with Crippen LogP contribution in [0.15, 0.2) is 36.5 Å². The van der Waals surface area contributed by atoms with Gasteiger partial charge in [-0.3, -0.25) is 9.20 Å². The number of carbonyl (C=O) groups is 1. The number of rotatable bonds is 4. The van der Waals surface area contributed by atoms with Crippen LogP contribution in [0.5, 0.6) is 0 Å². The minimum absolute atomic E-state index is 0.170. The third-order valence-electron chi connectivity index (χ3n) is 4.12. The summed E-state index contributed by atoms with van der Waals surface area (Å²) in [7, 11) is 0. The molecule has 4 nitrogen and oxygen atoms in total. The Bertz CT molecular complexity index is 914. The predicted octanol–water partition coefficient (Wildman–Crippen LogP) is 4.81. The van der Waals surface area contributed by atoms with E-state index in [1.807, 2.05) is 38.1 Å². The average molecular weight is 342 g/mol. The summed E-state index contributed by atoms with van der Waals surface area (Å²) >= 11 is 6.10. The van der Waals surface area contributed by atoms with E-state index in [1.54, 1.807) is 16.7 Å². The first-order chi connectivity index (χ1) is 11.5. The van der Waals surface area contributed by atoms with Gasteiger partial charge in [-0.1, -0.05) is 31.0 Å². The number of carbonyl (C=O) groups excluding carboxylic acids is 1. The molecule has 0 atom stereocenters. The fourth-order valence-electron chi connectivity index (χ4n) is 2.73. The number of halogens is 1. The van der Waals surface area contributed by atoms with Crippen molar-refractivity contribution in [3.05, 3.63) is 64.1 Å². The smallest absolute Gasteiger partial charge is 0.274 e. The molecule has 1 amide bonds. The summed E-state index contributed by atoms with van der Waals surface area (Å²) in [5.41, 5.74) is 5.19. The van der Waals surface area contributed by atoms with E-state index in [4.69, 9.17) is 11.6 Å². The van der Waals surface area contributed by atoms with E-state index >= 15 is 0 Å². The van der Waals surface area contributed by atoms with E-state index in [2.05, 4.69) is 17.2 Å². The molecule has 0 saturated carbocycles. The summed E-state index contributed by atoms with van der Waals surface area (Å²) in [6, 6.07) is 9.50. The Morgan fingerprint density at radius 3 is 2.71 bits per heavy atom. The number of nitrogens with zero attached hydrogens (tertiary/aromatic N) is 2. The molecule has 124 valence electrons. The molecule has 1 N–H and O–H groups in total. The number of nitrogens with one attached hydrogen (secondary N) is 1. The van der Waals surface area contributed by atoms with Crippen molar-refractivity contribution in [2.45, 2.75) is 33.6 Å². The Kier molecular flexibility index (Phi) is 4.58. The number of aromatic nitrogens is 2. The van der Waals surface area contributed by atoms with Gasteiger partial charge in [0.25, 0.3) is 5.91 Å². The second kappa shape index (κ2) is 6.65. The molecule has 0 fully saturated rings. The minimum atomic E-state index is -0.170. The topological polar surface area (TPSA) is 46.4 Å². The molecule has 0 saturated heterocycles. The van der Waals surface area contributed by atoms with Crippen molar-refractivity contribution in [3.8, 4) is 0 Å². The molecule has 3 aromatic rings. The van der Waals surface area contributed by atoms with E-state index in [9.17, 15) is 4.79 Å². The van der Waals surface area contributed by atoms with Gasteiger partial charge < -0.3 is 5.32 Å². The maximum Gasteiger partial charge on any atom is 0.274 e. The molecule has 0 aliphatic heterocycles. The number of hydrogen-bond donors (Lipinski definition) is 1. The van der Waals surface area contributed by atoms with E-state index in [0.29, 0.717) is 10.7 Å². The van der Waals surface area contributed by atoms with Gasteiger partial charge in [-0.25, -0.2) is 4.98 Å². The second-order valence-electron chi connectivity index (χ2n) is 5.99. The van der Waals surface area contributed by atoms with Crippen molar-refractivity contribution in [2.75, 3.05) is 5.32 Å². The Labute approximate surface area is 146 Å². The van der Waals surface area contributed by atoms with Crippen molar-refractivity contribution in [1.29, 1.82) is 0 Å². The quantitative estimate of drug-likeness (QED) is 0.740. The summed E-state index contributed by atoms with van der Waals surface area (Å²) < 4.78 is 1.77. The number of pyridine rings is 1. The third kappa shape index (κ3) is 3.15. The number of aryl methyl sites for hydroxylation is 3. The van der Waals surface area contributed by atoms with Crippen LogP contribution in [0.1, 0.15) is 40.7 Å². The lowest BCUT2D eigenvalue weighted by Gasteiger charge is -2.09. The lowest BCUT2D eigenvalue weighted by Crippen LogP contribution is -2.16. The van der Waals surface area contributed by atoms with Crippen molar-refractivity contribution >= 4 is 28.8 Å². The molecule has 0 bridgehead atoms. The largest absolute Gasteiger partial charge is 0.321 e. The molecule has 0 unspecified atom stereocenters. The van der Waals surface area contributed by atoms with Gasteiger partial charge in [0.05, 0.1) is 10.7 Å². The third-order valence-corrected chi connectivity index (χ3v) is 4.34. The molecule has 0 aliphatic rings. The van der Waals surface area contributed by atoms with Crippen molar-refractivity contribution in [1.82, 2.24) is 9.38 Å². The Morgan fingerprint density at radius 1 is 1.21 bits per heavy atom. The van der Waals surface area contributed by atoms with Gasteiger partial charge in [-0.15, -0.1) is 0 Å². The summed E-state index contributed by atoms with van der Waals surface area (Å²) in [6.07, 6.45) is 3.40. The highest BCUT2D eigenvalue weighted by atomic mass is 35.5. The van der Waals surface area contributed by atoms with Crippen LogP contribution in [-0.4, -0.2) is 15.3 Å². The van der Waals surface area contributed by atoms with Gasteiger partial charge in [-0.05, 0) is 55.7 Å². The Morgan fingerprint density at radius 2 is 2.00 bits per heavy atom. The molecular weight excluding hydrogens is 322 g/mol. The van der Waals surface area contributed by atoms with Crippen LogP contribution < -0.4 is 5.32 Å². The van der Waals surface area contributed by atoms with Gasteiger partial charge in [0, 0.05) is 11.9 Å². The number of anilines is 1. The molecule has 0 spiro atoms. The van der Waals surface area contributed by atoms with Crippen molar-refractivity contribution < 1.29 is 4.79 Å². The average Bonchev–Trinajstić information content (AvgIpc) is 2.88. The van der Waals surface area contributed by atoms with E-state index in [1.165, 1.54) is 5.56 Å². The van der Waals surface area contributed by atoms with Gasteiger partial charge in [0.1, 0.15) is 11.3 Å². The Balaban J connectivity index is 2.02. The minimum Gasteiger partial charge on any atom is -0.321 e. The standard InChI is InChI=1S/C19H20ClN3O/c1-4-5-16-18(23-11-14(20)7-9-17(23)22-16)19(24)21-15-8-6-12(2)13(3)10-15/h6-11H,4-5H2,1-3H3,(H,21,24). The highest BCUT2D eigenvalue weighted by molar-refractivity contribution is 6.30. The highest BCUT2D eigenvalue weighted by Gasteiger charge is 2.19. The highest BCUT2D eigenvalue weighted by Crippen LogP contribution is 2.20. The number of fused-ring (bicyclic) bond motifs is 1. The number of benzene rings is 1. The first-order valence-corrected chi connectivity index (χ1v) is 8.42. The van der Waals surface area contributed by atoms with Crippen LogP contribution in [0.25, 0.3) is 5.65 Å². The Hall–Kier alpha value is -2.33. The summed E-state index contributed by atoms with van der Waals surface area (Å²) in [6.45, 7) is 6.15. The van der Waals surface area contributed by atoms with E-state index in [-0.39, 0.29) is 5.91 Å². The molecule has 0 aliphatic carbocycles. The van der Waals surface area contributed by atoms with Crippen LogP contribution in [0.2, 0.25) is 5.02 Å². The first-order valence-electron chi connectivity index (χ1n) is 8.04. The number of imidazole rings is 1. The van der Waals surface area contributed by atoms with Crippen LogP contribution >= 0.6 is 11.6 Å². The zero-order valence-electron chi connectivity index (χ0n) is 14.1. The van der Waals surface area contributed by atoms with Crippen molar-refractivity contribution in [2.24, 2.45) is 0 Å². The maximum absolute atomic E-state index is 12.9. The molecule has 5 heteroatoms. The fourth-order valence-corrected chi connectivity index (χ4v) is 2.89. The summed E-state index contributed by atoms with van der Waals surface area (Å²) in [5.74, 6) is -0.170. The first kappa shape index (κ1) is 16.5. The zero-order valence-corrected chi connectivity index (χ0v) is 14.8. The molecular formula is C19H20ClN3O. The molecule has 2 aromatic heterocycles. The predicted molar refractivity (Wildman–Crippen MR) is 98.1 cm³/mol. The van der Waals surface area contributed by atoms with Gasteiger partial charge in [0.15, 0.2) is 0 Å². The normalized spacial score (nSPS) is 11.0. The lowest BCUT2D eigenvalue weighted by molar-refractivity contribution is 0.102. The SMILES string of the molecule is CCCc1nc2ccc(Cl)cn2c1C(=O)Nc1ccc(C)c(C)c1.